The summed E-state index contributed by atoms with van der Waals surface area (Å²) in [4.78, 5) is 0. The molecule has 0 aliphatic rings. The molecule has 0 N–H and O–H groups in total. The van der Waals surface area contributed by atoms with Crippen molar-refractivity contribution >= 4 is 73.8 Å². The van der Waals surface area contributed by atoms with Crippen molar-refractivity contribution in [3.8, 4) is 0 Å². The maximum atomic E-state index is 0. The first kappa shape index (κ1) is 93.8. The predicted octanol–water partition coefficient (Wildman–Crippen LogP) is 0.450. The third-order valence-electron chi connectivity index (χ3n) is 0. The molecule has 0 amide bonds. The topological polar surface area (TPSA) is 0 Å². The molecule has 0 nitrogen and oxygen atoms in total. The third-order valence-corrected chi connectivity index (χ3v) is 0. The molecule has 0 aromatic carbocycles. The summed E-state index contributed by atoms with van der Waals surface area (Å²) in [5.74, 6) is 0. The van der Waals surface area contributed by atoms with Crippen LogP contribution in [0.15, 0.2) is 0 Å². The molecule has 0 aromatic heterocycles. The number of hydrogen-bond donors (Lipinski definition) is 0. The third kappa shape index (κ3) is 50.6. The largest absolute Gasteiger partial charge is 2.00 e. The van der Waals surface area contributed by atoms with Crippen molar-refractivity contribution in [3.05, 3.63) is 0 Å². The zero-order chi connectivity index (χ0) is 0. The van der Waals surface area contributed by atoms with Gasteiger partial charge in [-0.15, -0.1) is 0 Å². The molecule has 0 aliphatic carbocycles. The Hall–Kier alpha value is 2.88. The van der Waals surface area contributed by atoms with Gasteiger partial charge in [-0.25, -0.2) is 0 Å². The molecule has 0 saturated carbocycles. The molecular formula is H12P2S4Zn. The summed E-state index contributed by atoms with van der Waals surface area (Å²) >= 11 is 0. The molecular weight excluding hydrogens is 256 g/mol. The molecule has 48 valence electrons. The summed E-state index contributed by atoms with van der Waals surface area (Å²) in [6.07, 6.45) is 0. The van der Waals surface area contributed by atoms with Crippen molar-refractivity contribution in [1.29, 1.82) is 0 Å². The Morgan fingerprint density at radius 3 is 0.571 bits per heavy atom. The van der Waals surface area contributed by atoms with Gasteiger partial charge in [0.05, 0.1) is 0 Å². The van der Waals surface area contributed by atoms with Gasteiger partial charge in [-0.3, -0.25) is 0 Å². The van der Waals surface area contributed by atoms with Gasteiger partial charge in [0, 0.05) is 0 Å². The molecule has 0 rings (SSSR count). The summed E-state index contributed by atoms with van der Waals surface area (Å²) in [5, 5.41) is 0. The van der Waals surface area contributed by atoms with Crippen LogP contribution in [-0.4, -0.2) is 0 Å². The molecule has 0 aliphatic heterocycles. The van der Waals surface area contributed by atoms with E-state index < -0.39 is 0 Å². The molecule has 0 fully saturated rings. The maximum Gasteiger partial charge on any atom is 2.00 e. The second kappa shape index (κ2) is 66.4. The van der Waals surface area contributed by atoms with Gasteiger partial charge in [0.15, 0.2) is 0 Å². The molecule has 0 saturated heterocycles. The molecule has 2 unspecified atom stereocenters. The van der Waals surface area contributed by atoms with Crippen LogP contribution in [-0.2, 0) is 33.0 Å². The Labute approximate surface area is 92.5 Å². The minimum atomic E-state index is 0. The van der Waals surface area contributed by atoms with Gasteiger partial charge in [-0.1, -0.05) is 0 Å². The van der Waals surface area contributed by atoms with E-state index in [1.165, 1.54) is 0 Å². The number of hydrogen-bond acceptors (Lipinski definition) is 0. The van der Waals surface area contributed by atoms with Crippen LogP contribution in [0.1, 0.15) is 0 Å². The summed E-state index contributed by atoms with van der Waals surface area (Å²) in [6, 6.07) is 0. The molecule has 0 bridgehead atoms. The SMILES string of the molecule is P.P.S.S.S.[S-2].[Zn+2]. The van der Waals surface area contributed by atoms with Crippen molar-refractivity contribution in [1.82, 2.24) is 0 Å². The Bertz CT molecular complexity index is 9.65. The van der Waals surface area contributed by atoms with Crippen molar-refractivity contribution in [2.24, 2.45) is 0 Å². The summed E-state index contributed by atoms with van der Waals surface area (Å²) in [6.45, 7) is 0. The van der Waals surface area contributed by atoms with Gasteiger partial charge >= 0.3 is 19.5 Å². The van der Waals surface area contributed by atoms with Crippen LogP contribution in [0.2, 0.25) is 0 Å². The van der Waals surface area contributed by atoms with E-state index in [1.54, 1.807) is 0 Å². The second-order valence-corrected chi connectivity index (χ2v) is 0. The predicted molar refractivity (Wildman–Crippen MR) is 60.7 cm³/mol. The van der Waals surface area contributed by atoms with Crippen molar-refractivity contribution in [3.63, 3.8) is 0 Å². The van der Waals surface area contributed by atoms with Gasteiger partial charge in [0.25, 0.3) is 0 Å². The quantitative estimate of drug-likeness (QED) is 0.442. The maximum absolute atomic E-state index is 0. The molecule has 0 radical (unpaired) electrons. The fraction of sp³-hybridized carbons (Fsp3) is 0. The number of rotatable bonds is 0. The van der Waals surface area contributed by atoms with E-state index >= 15 is 0 Å². The van der Waals surface area contributed by atoms with Crippen molar-refractivity contribution in [2.45, 2.75) is 0 Å². The Morgan fingerprint density at radius 1 is 0.571 bits per heavy atom. The minimum absolute atomic E-state index is 0. The molecule has 0 heterocycles. The minimum Gasteiger partial charge on any atom is -2.00 e. The van der Waals surface area contributed by atoms with Gasteiger partial charge in [0.2, 0.25) is 0 Å². The van der Waals surface area contributed by atoms with Crippen molar-refractivity contribution < 1.29 is 19.5 Å². The second-order valence-electron chi connectivity index (χ2n) is 0. The molecule has 0 aromatic rings. The zero-order valence-electron chi connectivity index (χ0n) is 4.03. The van der Waals surface area contributed by atoms with E-state index in [-0.39, 0.29) is 93.3 Å². The molecule has 7 heavy (non-hydrogen) atoms. The van der Waals surface area contributed by atoms with Crippen LogP contribution < -0.4 is 0 Å². The first-order valence-electron chi connectivity index (χ1n) is 0. The molecule has 2 atom stereocenters. The van der Waals surface area contributed by atoms with Crippen LogP contribution in [0, 0.1) is 0 Å². The Morgan fingerprint density at radius 2 is 0.571 bits per heavy atom. The smallest absolute Gasteiger partial charge is 2.00 e. The van der Waals surface area contributed by atoms with Crippen molar-refractivity contribution in [2.75, 3.05) is 0 Å². The summed E-state index contributed by atoms with van der Waals surface area (Å²) in [5.41, 5.74) is 0. The normalized spacial score (nSPS) is 0. The Kier molecular flexibility index (Phi) is 890. The molecule has 0 spiro atoms. The van der Waals surface area contributed by atoms with Gasteiger partial charge in [-0.05, 0) is 0 Å². The van der Waals surface area contributed by atoms with Crippen LogP contribution in [0.3, 0.4) is 0 Å². The first-order chi connectivity index (χ1) is 0. The van der Waals surface area contributed by atoms with E-state index in [1.807, 2.05) is 0 Å². The zero-order valence-corrected chi connectivity index (χ0v) is 13.6. The average molecular weight is 268 g/mol. The fourth-order valence-electron chi connectivity index (χ4n) is 0. The van der Waals surface area contributed by atoms with E-state index in [4.69, 9.17) is 0 Å². The van der Waals surface area contributed by atoms with Gasteiger partial charge in [-0.2, -0.15) is 60.3 Å². The summed E-state index contributed by atoms with van der Waals surface area (Å²) < 4.78 is 0. The summed E-state index contributed by atoms with van der Waals surface area (Å²) in [7, 11) is 0. The van der Waals surface area contributed by atoms with Gasteiger partial charge in [0.1, 0.15) is 0 Å². The van der Waals surface area contributed by atoms with E-state index in [9.17, 15) is 0 Å². The van der Waals surface area contributed by atoms with Crippen LogP contribution >= 0.6 is 60.3 Å². The van der Waals surface area contributed by atoms with E-state index in [0.29, 0.717) is 0 Å². The van der Waals surface area contributed by atoms with Crippen LogP contribution in [0.4, 0.5) is 0 Å². The standard InChI is InChI=1S/2H3P.3H2S.S.Zn/h2*1H3;3*1H2;;/q;;;;;-2;+2. The Balaban J connectivity index is 0. The van der Waals surface area contributed by atoms with E-state index in [0.717, 1.165) is 0 Å². The van der Waals surface area contributed by atoms with E-state index in [2.05, 4.69) is 0 Å². The van der Waals surface area contributed by atoms with Gasteiger partial charge < -0.3 is 13.5 Å². The monoisotopic (exact) mass is 266 g/mol. The first-order valence-corrected chi connectivity index (χ1v) is 0. The molecule has 7 heteroatoms. The van der Waals surface area contributed by atoms with Crippen LogP contribution in [0.25, 0.3) is 0 Å². The van der Waals surface area contributed by atoms with Crippen LogP contribution in [0.5, 0.6) is 0 Å². The fourth-order valence-corrected chi connectivity index (χ4v) is 0. The average Bonchev–Trinajstić information content (AvgIpc) is 0.